The van der Waals surface area contributed by atoms with Crippen molar-refractivity contribution in [1.82, 2.24) is 19.6 Å². The first-order valence-corrected chi connectivity index (χ1v) is 15.2. The molecular formula is C31H44N6O4. The number of anilines is 1. The molecule has 1 aromatic carbocycles. The van der Waals surface area contributed by atoms with Crippen LogP contribution >= 0.6 is 0 Å². The minimum atomic E-state index is -0.00241. The van der Waals surface area contributed by atoms with Crippen molar-refractivity contribution in [2.75, 3.05) is 90.7 Å². The van der Waals surface area contributed by atoms with Crippen LogP contribution in [-0.2, 0) is 14.3 Å². The fourth-order valence-electron chi connectivity index (χ4n) is 6.54. The number of ether oxygens (including phenoxy) is 2. The highest BCUT2D eigenvalue weighted by molar-refractivity contribution is 5.87. The lowest BCUT2D eigenvalue weighted by atomic mass is 9.97. The Kier molecular flexibility index (Phi) is 8.50. The van der Waals surface area contributed by atoms with E-state index < -0.39 is 0 Å². The number of carbonyl (C=O) groups excluding carboxylic acids is 1. The van der Waals surface area contributed by atoms with Gasteiger partial charge in [0.25, 0.3) is 6.02 Å². The van der Waals surface area contributed by atoms with E-state index in [2.05, 4.69) is 39.3 Å². The molecule has 1 aromatic rings. The SMILES string of the molecule is C=CC(=O)N1CCN(C2C3=C(CN(c4cc(O)cc(C5CC5)c4)CC3)N=C(OCCCN3CCOCC3)N2C)CC1. The molecule has 10 nitrogen and oxygen atoms in total. The first-order valence-electron chi connectivity index (χ1n) is 15.2. The first kappa shape index (κ1) is 28.1. The van der Waals surface area contributed by atoms with Gasteiger partial charge >= 0.3 is 0 Å². The highest BCUT2D eigenvalue weighted by atomic mass is 16.5. The molecule has 4 aliphatic heterocycles. The number of aromatic hydroxyl groups is 1. The zero-order valence-electron chi connectivity index (χ0n) is 24.3. The number of phenols is 1. The molecule has 0 aromatic heterocycles. The summed E-state index contributed by atoms with van der Waals surface area (Å²) >= 11 is 0. The summed E-state index contributed by atoms with van der Waals surface area (Å²) in [5.74, 6) is 0.915. The van der Waals surface area contributed by atoms with Crippen LogP contribution in [0.3, 0.4) is 0 Å². The molecule has 0 spiro atoms. The van der Waals surface area contributed by atoms with Crippen LogP contribution in [0, 0.1) is 0 Å². The normalized spacial score (nSPS) is 24.3. The molecule has 0 bridgehead atoms. The summed E-state index contributed by atoms with van der Waals surface area (Å²) in [7, 11) is 2.08. The largest absolute Gasteiger partial charge is 0.508 e. The van der Waals surface area contributed by atoms with E-state index in [1.807, 2.05) is 17.0 Å². The molecule has 4 heterocycles. The number of nitrogens with zero attached hydrogens (tertiary/aromatic N) is 6. The van der Waals surface area contributed by atoms with Crippen molar-refractivity contribution >= 4 is 17.6 Å². The Bertz CT molecular complexity index is 1180. The molecule has 41 heavy (non-hydrogen) atoms. The van der Waals surface area contributed by atoms with Gasteiger partial charge in [-0.05, 0) is 60.9 Å². The van der Waals surface area contributed by atoms with Crippen molar-refractivity contribution in [1.29, 1.82) is 0 Å². The first-order chi connectivity index (χ1) is 20.0. The van der Waals surface area contributed by atoms with Crippen LogP contribution in [-0.4, -0.2) is 129 Å². The van der Waals surface area contributed by atoms with Crippen LogP contribution in [0.5, 0.6) is 5.75 Å². The van der Waals surface area contributed by atoms with Crippen LogP contribution in [0.15, 0.2) is 47.1 Å². The van der Waals surface area contributed by atoms with Gasteiger partial charge in [-0.15, -0.1) is 0 Å². The van der Waals surface area contributed by atoms with Gasteiger partial charge in [0.2, 0.25) is 5.91 Å². The number of likely N-dealkylation sites (N-methyl/N-ethyl adjacent to an activating group) is 1. The van der Waals surface area contributed by atoms with Crippen molar-refractivity contribution < 1.29 is 19.4 Å². The highest BCUT2D eigenvalue weighted by Gasteiger charge is 2.39. The Morgan fingerprint density at radius 1 is 1.12 bits per heavy atom. The molecule has 3 fully saturated rings. The highest BCUT2D eigenvalue weighted by Crippen LogP contribution is 2.43. The number of benzene rings is 1. The lowest BCUT2D eigenvalue weighted by molar-refractivity contribution is -0.128. The number of hydrogen-bond donors (Lipinski definition) is 1. The minimum Gasteiger partial charge on any atom is -0.508 e. The van der Waals surface area contributed by atoms with E-state index in [1.165, 1.54) is 30.1 Å². The Balaban J connectivity index is 1.19. The number of piperazine rings is 1. The Hall–Kier alpha value is -3.08. The Morgan fingerprint density at radius 3 is 2.63 bits per heavy atom. The van der Waals surface area contributed by atoms with Crippen LogP contribution in [0.1, 0.15) is 37.2 Å². The van der Waals surface area contributed by atoms with Gasteiger partial charge < -0.3 is 29.3 Å². The van der Waals surface area contributed by atoms with Gasteiger partial charge in [-0.2, -0.15) is 0 Å². The Morgan fingerprint density at radius 2 is 1.90 bits per heavy atom. The number of carbonyl (C=O) groups is 1. The maximum atomic E-state index is 12.2. The molecule has 1 atom stereocenters. The summed E-state index contributed by atoms with van der Waals surface area (Å²) in [5.41, 5.74) is 4.69. The van der Waals surface area contributed by atoms with E-state index in [9.17, 15) is 9.90 Å². The van der Waals surface area contributed by atoms with Crippen molar-refractivity contribution in [2.24, 2.45) is 4.99 Å². The van der Waals surface area contributed by atoms with Gasteiger partial charge in [-0.25, -0.2) is 4.99 Å². The zero-order valence-corrected chi connectivity index (χ0v) is 24.3. The number of amidine groups is 1. The molecule has 1 N–H and O–H groups in total. The standard InChI is InChI=1S/C31H44N6O4/c1-3-29(39)35-10-12-36(13-11-35)30-27-7-9-37(25-19-24(23-5-6-23)20-26(38)21-25)22-28(27)32-31(33(30)2)41-16-4-8-34-14-17-40-18-15-34/h3,19-21,23,30,38H,1,4-18,22H2,2H3. The molecule has 1 aliphatic carbocycles. The molecule has 1 unspecified atom stereocenters. The maximum absolute atomic E-state index is 12.2. The van der Waals surface area contributed by atoms with E-state index >= 15 is 0 Å². The van der Waals surface area contributed by atoms with Gasteiger partial charge in [-0.1, -0.05) is 6.58 Å². The molecule has 2 saturated heterocycles. The summed E-state index contributed by atoms with van der Waals surface area (Å²) in [6.07, 6.45) is 5.68. The maximum Gasteiger partial charge on any atom is 0.293 e. The second-order valence-corrected chi connectivity index (χ2v) is 11.8. The van der Waals surface area contributed by atoms with E-state index in [4.69, 9.17) is 14.5 Å². The van der Waals surface area contributed by atoms with E-state index in [0.717, 1.165) is 76.7 Å². The molecule has 222 valence electrons. The Labute approximate surface area is 243 Å². The van der Waals surface area contributed by atoms with Crippen molar-refractivity contribution in [2.45, 2.75) is 37.8 Å². The molecule has 5 aliphatic rings. The lowest BCUT2D eigenvalue weighted by Crippen LogP contribution is -2.59. The smallest absolute Gasteiger partial charge is 0.293 e. The van der Waals surface area contributed by atoms with Crippen LogP contribution in [0.4, 0.5) is 5.69 Å². The van der Waals surface area contributed by atoms with Crippen LogP contribution in [0.2, 0.25) is 0 Å². The average Bonchev–Trinajstić information content (AvgIpc) is 3.85. The van der Waals surface area contributed by atoms with Crippen molar-refractivity contribution in [3.05, 3.63) is 47.7 Å². The number of phenolic OH excluding ortho intramolecular Hbond substituents is 1. The minimum absolute atomic E-state index is 0.00241. The third kappa shape index (κ3) is 6.39. The number of rotatable bonds is 8. The number of aliphatic imine (C=N–C) groups is 1. The molecular weight excluding hydrogens is 520 g/mol. The van der Waals surface area contributed by atoms with Gasteiger partial charge in [0.1, 0.15) is 11.9 Å². The van der Waals surface area contributed by atoms with Crippen molar-refractivity contribution in [3.63, 3.8) is 0 Å². The predicted molar refractivity (Wildman–Crippen MR) is 159 cm³/mol. The van der Waals surface area contributed by atoms with Gasteiger partial charge in [0.05, 0.1) is 32.1 Å². The third-order valence-corrected chi connectivity index (χ3v) is 9.01. The molecule has 6 rings (SSSR count). The van der Waals surface area contributed by atoms with Gasteiger partial charge in [0.15, 0.2) is 0 Å². The summed E-state index contributed by atoms with van der Waals surface area (Å²) < 4.78 is 11.8. The fraction of sp³-hybridized carbons (Fsp3) is 0.613. The second kappa shape index (κ2) is 12.4. The number of amides is 1. The summed E-state index contributed by atoms with van der Waals surface area (Å²) in [4.78, 5) is 28.6. The monoisotopic (exact) mass is 564 g/mol. The number of hydrogen-bond acceptors (Lipinski definition) is 9. The quantitative estimate of drug-likeness (QED) is 0.381. The fourth-order valence-corrected chi connectivity index (χ4v) is 6.54. The predicted octanol–water partition coefficient (Wildman–Crippen LogP) is 2.43. The zero-order chi connectivity index (χ0) is 28.3. The average molecular weight is 565 g/mol. The van der Waals surface area contributed by atoms with Crippen molar-refractivity contribution in [3.8, 4) is 5.75 Å². The van der Waals surface area contributed by atoms with Gasteiger partial charge in [0, 0.05) is 71.2 Å². The van der Waals surface area contributed by atoms with Crippen LogP contribution in [0.25, 0.3) is 0 Å². The summed E-state index contributed by atoms with van der Waals surface area (Å²) in [6.45, 7) is 13.3. The lowest BCUT2D eigenvalue weighted by Gasteiger charge is -2.47. The molecule has 1 saturated carbocycles. The summed E-state index contributed by atoms with van der Waals surface area (Å²) in [6, 6.07) is 6.71. The van der Waals surface area contributed by atoms with E-state index in [0.29, 0.717) is 43.9 Å². The topological polar surface area (TPSA) is 84.3 Å². The van der Waals surface area contributed by atoms with Crippen LogP contribution < -0.4 is 4.90 Å². The molecule has 0 radical (unpaired) electrons. The van der Waals surface area contributed by atoms with Gasteiger partial charge in [-0.3, -0.25) is 14.6 Å². The second-order valence-electron chi connectivity index (χ2n) is 11.8. The van der Waals surface area contributed by atoms with E-state index in [1.54, 1.807) is 0 Å². The number of morpholine rings is 1. The van der Waals surface area contributed by atoms with E-state index in [-0.39, 0.29) is 12.1 Å². The molecule has 1 amide bonds. The summed E-state index contributed by atoms with van der Waals surface area (Å²) in [5, 5.41) is 10.5. The third-order valence-electron chi connectivity index (χ3n) is 9.01. The molecule has 10 heteroatoms.